The summed E-state index contributed by atoms with van der Waals surface area (Å²) in [5.41, 5.74) is 0.397. The van der Waals surface area contributed by atoms with Crippen molar-refractivity contribution in [1.29, 1.82) is 0 Å². The molecular weight excluding hydrogens is 288 g/mol. The van der Waals surface area contributed by atoms with E-state index in [1.807, 2.05) is 0 Å². The molecule has 0 radical (unpaired) electrons. The van der Waals surface area contributed by atoms with Gasteiger partial charge >= 0.3 is 5.97 Å². The lowest BCUT2D eigenvalue weighted by molar-refractivity contribution is 0.0599. The van der Waals surface area contributed by atoms with Crippen LogP contribution < -0.4 is 9.47 Å². The Hall–Kier alpha value is -1.79. The van der Waals surface area contributed by atoms with Crippen LogP contribution in [0.5, 0.6) is 11.5 Å². The van der Waals surface area contributed by atoms with Crippen molar-refractivity contribution >= 4 is 5.97 Å². The molecule has 0 aliphatic rings. The highest BCUT2D eigenvalue weighted by atomic mass is 16.5. The topological polar surface area (TPSA) is 63.2 Å². The fourth-order valence-electron chi connectivity index (χ4n) is 1.76. The van der Waals surface area contributed by atoms with E-state index in [0.717, 1.165) is 12.8 Å². The van der Waals surface area contributed by atoms with E-state index in [9.17, 15) is 4.79 Å². The fourth-order valence-corrected chi connectivity index (χ4v) is 1.76. The fraction of sp³-hybridized carbons (Fsp3) is 0.562. The van der Waals surface area contributed by atoms with Gasteiger partial charge in [0, 0.05) is 46.3 Å². The predicted molar refractivity (Wildman–Crippen MR) is 81.8 cm³/mol. The number of hydrogen-bond acceptors (Lipinski definition) is 6. The zero-order valence-electron chi connectivity index (χ0n) is 13.4. The molecule has 0 aliphatic heterocycles. The first-order valence-electron chi connectivity index (χ1n) is 7.18. The number of benzene rings is 1. The molecule has 0 N–H and O–H groups in total. The summed E-state index contributed by atoms with van der Waals surface area (Å²) in [6.07, 6.45) is 1.53. The third-order valence-electron chi connectivity index (χ3n) is 2.82. The molecule has 22 heavy (non-hydrogen) atoms. The summed E-state index contributed by atoms with van der Waals surface area (Å²) < 4.78 is 25.9. The lowest BCUT2D eigenvalue weighted by Gasteiger charge is -2.11. The van der Waals surface area contributed by atoms with Crippen LogP contribution in [0.25, 0.3) is 0 Å². The van der Waals surface area contributed by atoms with Crippen molar-refractivity contribution in [1.82, 2.24) is 0 Å². The Morgan fingerprint density at radius 2 is 1.32 bits per heavy atom. The Morgan fingerprint density at radius 1 is 0.818 bits per heavy atom. The molecule has 0 saturated heterocycles. The molecule has 124 valence electrons. The quantitative estimate of drug-likeness (QED) is 0.461. The minimum atomic E-state index is -0.427. The van der Waals surface area contributed by atoms with Crippen molar-refractivity contribution < 1.29 is 28.5 Å². The van der Waals surface area contributed by atoms with Crippen molar-refractivity contribution in [3.63, 3.8) is 0 Å². The number of esters is 1. The van der Waals surface area contributed by atoms with E-state index in [0.29, 0.717) is 43.5 Å². The Bertz CT molecular complexity index is 416. The summed E-state index contributed by atoms with van der Waals surface area (Å²) in [5, 5.41) is 0. The molecule has 0 spiro atoms. The van der Waals surface area contributed by atoms with Crippen molar-refractivity contribution in [2.24, 2.45) is 0 Å². The molecule has 1 rings (SSSR count). The summed E-state index contributed by atoms with van der Waals surface area (Å²) in [4.78, 5) is 11.7. The molecule has 0 aliphatic carbocycles. The monoisotopic (exact) mass is 312 g/mol. The van der Waals surface area contributed by atoms with E-state index >= 15 is 0 Å². The summed E-state index contributed by atoms with van der Waals surface area (Å²) in [7, 11) is 4.63. The van der Waals surface area contributed by atoms with Crippen molar-refractivity contribution in [3.05, 3.63) is 23.8 Å². The molecule has 0 atom stereocenters. The summed E-state index contributed by atoms with van der Waals surface area (Å²) in [6, 6.07) is 5.04. The number of methoxy groups -OCH3 is 3. The Balaban J connectivity index is 2.70. The third kappa shape index (κ3) is 6.78. The lowest BCUT2D eigenvalue weighted by Crippen LogP contribution is -2.06. The van der Waals surface area contributed by atoms with E-state index in [1.165, 1.54) is 7.11 Å². The second-order valence-electron chi connectivity index (χ2n) is 4.57. The Kier molecular flexibility index (Phi) is 9.02. The average Bonchev–Trinajstić information content (AvgIpc) is 2.54. The maximum Gasteiger partial charge on any atom is 0.338 e. The van der Waals surface area contributed by atoms with Crippen LogP contribution >= 0.6 is 0 Å². The normalized spacial score (nSPS) is 10.3. The Labute approximate surface area is 131 Å². The van der Waals surface area contributed by atoms with Gasteiger partial charge in [-0.25, -0.2) is 4.79 Å². The van der Waals surface area contributed by atoms with Gasteiger partial charge < -0.3 is 23.7 Å². The molecule has 6 heteroatoms. The minimum absolute atomic E-state index is 0.397. The SMILES string of the molecule is COCCCOc1cc(OCCCOC)cc(C(=O)OC)c1. The molecule has 0 amide bonds. The maximum atomic E-state index is 11.7. The summed E-state index contributed by atoms with van der Waals surface area (Å²) in [6.45, 7) is 2.25. The zero-order chi connectivity index (χ0) is 16.2. The van der Waals surface area contributed by atoms with Gasteiger partial charge in [-0.1, -0.05) is 0 Å². The standard InChI is InChI=1S/C16H24O6/c1-18-6-4-8-21-14-10-13(16(17)20-3)11-15(12-14)22-9-5-7-19-2/h10-12H,4-9H2,1-3H3. The highest BCUT2D eigenvalue weighted by molar-refractivity contribution is 5.90. The van der Waals surface area contributed by atoms with Crippen molar-refractivity contribution in [3.8, 4) is 11.5 Å². The van der Waals surface area contributed by atoms with Gasteiger partial charge in [-0.05, 0) is 12.1 Å². The van der Waals surface area contributed by atoms with Crippen LogP contribution in [0, 0.1) is 0 Å². The van der Waals surface area contributed by atoms with Crippen LogP contribution in [0.4, 0.5) is 0 Å². The van der Waals surface area contributed by atoms with Crippen LogP contribution in [0.15, 0.2) is 18.2 Å². The van der Waals surface area contributed by atoms with Crippen LogP contribution in [0.1, 0.15) is 23.2 Å². The molecular formula is C16H24O6. The van der Waals surface area contributed by atoms with E-state index in [1.54, 1.807) is 32.4 Å². The number of hydrogen-bond donors (Lipinski definition) is 0. The second-order valence-corrected chi connectivity index (χ2v) is 4.57. The smallest absolute Gasteiger partial charge is 0.338 e. The first-order chi connectivity index (χ1) is 10.7. The van der Waals surface area contributed by atoms with Gasteiger partial charge in [0.1, 0.15) is 11.5 Å². The maximum absolute atomic E-state index is 11.7. The van der Waals surface area contributed by atoms with E-state index in [-0.39, 0.29) is 0 Å². The molecule has 0 bridgehead atoms. The number of rotatable bonds is 11. The molecule has 0 heterocycles. The van der Waals surface area contributed by atoms with Gasteiger partial charge in [0.05, 0.1) is 25.9 Å². The van der Waals surface area contributed by atoms with Crippen LogP contribution in [-0.4, -0.2) is 53.7 Å². The lowest BCUT2D eigenvalue weighted by atomic mass is 10.2. The van der Waals surface area contributed by atoms with Crippen LogP contribution in [-0.2, 0) is 14.2 Å². The average molecular weight is 312 g/mol. The number of carbonyl (C=O) groups is 1. The predicted octanol–water partition coefficient (Wildman–Crippen LogP) is 2.30. The highest BCUT2D eigenvalue weighted by Crippen LogP contribution is 2.24. The van der Waals surface area contributed by atoms with Gasteiger partial charge in [0.25, 0.3) is 0 Å². The number of carbonyl (C=O) groups excluding carboxylic acids is 1. The van der Waals surface area contributed by atoms with Crippen LogP contribution in [0.3, 0.4) is 0 Å². The molecule has 1 aromatic rings. The molecule has 1 aromatic carbocycles. The molecule has 0 aromatic heterocycles. The van der Waals surface area contributed by atoms with Gasteiger partial charge in [-0.15, -0.1) is 0 Å². The van der Waals surface area contributed by atoms with E-state index in [2.05, 4.69) is 0 Å². The minimum Gasteiger partial charge on any atom is -0.493 e. The molecule has 6 nitrogen and oxygen atoms in total. The first kappa shape index (κ1) is 18.3. The van der Waals surface area contributed by atoms with Crippen LogP contribution in [0.2, 0.25) is 0 Å². The zero-order valence-corrected chi connectivity index (χ0v) is 13.4. The van der Waals surface area contributed by atoms with Gasteiger partial charge in [-0.3, -0.25) is 0 Å². The largest absolute Gasteiger partial charge is 0.493 e. The van der Waals surface area contributed by atoms with Gasteiger partial charge in [0.15, 0.2) is 0 Å². The van der Waals surface area contributed by atoms with Crippen molar-refractivity contribution in [2.45, 2.75) is 12.8 Å². The van der Waals surface area contributed by atoms with Gasteiger partial charge in [0.2, 0.25) is 0 Å². The van der Waals surface area contributed by atoms with E-state index in [4.69, 9.17) is 23.7 Å². The number of ether oxygens (including phenoxy) is 5. The third-order valence-corrected chi connectivity index (χ3v) is 2.82. The summed E-state index contributed by atoms with van der Waals surface area (Å²) in [5.74, 6) is 0.713. The Morgan fingerprint density at radius 3 is 1.73 bits per heavy atom. The van der Waals surface area contributed by atoms with Crippen molar-refractivity contribution in [2.75, 3.05) is 47.8 Å². The van der Waals surface area contributed by atoms with E-state index < -0.39 is 5.97 Å². The molecule has 0 fully saturated rings. The first-order valence-corrected chi connectivity index (χ1v) is 7.18. The molecule has 0 saturated carbocycles. The molecule has 0 unspecified atom stereocenters. The second kappa shape index (κ2) is 10.9. The van der Waals surface area contributed by atoms with Gasteiger partial charge in [-0.2, -0.15) is 0 Å². The highest BCUT2D eigenvalue weighted by Gasteiger charge is 2.10. The summed E-state index contributed by atoms with van der Waals surface area (Å²) >= 11 is 0.